The lowest BCUT2D eigenvalue weighted by molar-refractivity contribution is -0.376. The van der Waals surface area contributed by atoms with Crippen LogP contribution in [0.15, 0.2) is 42.5 Å². The van der Waals surface area contributed by atoms with E-state index in [1.165, 1.54) is 4.31 Å². The van der Waals surface area contributed by atoms with Crippen LogP contribution in [0.25, 0.3) is 11.1 Å². The van der Waals surface area contributed by atoms with Crippen molar-refractivity contribution in [2.45, 2.75) is 44.8 Å². The molecule has 0 aromatic heterocycles. The highest BCUT2D eigenvalue weighted by atomic mass is 32.2. The molecule has 0 amide bonds. The van der Waals surface area contributed by atoms with Gasteiger partial charge in [-0.3, -0.25) is 4.90 Å². The molecule has 2 saturated heterocycles. The summed E-state index contributed by atoms with van der Waals surface area (Å²) in [4.78, 5) is 2.22. The molecule has 12 heteroatoms. The van der Waals surface area contributed by atoms with Crippen LogP contribution >= 0.6 is 0 Å². The zero-order valence-electron chi connectivity index (χ0n) is 20.3. The zero-order valence-corrected chi connectivity index (χ0v) is 21.1. The molecule has 1 spiro atoms. The van der Waals surface area contributed by atoms with Gasteiger partial charge in [0.2, 0.25) is 10.0 Å². The third-order valence-electron chi connectivity index (χ3n) is 7.29. The second kappa shape index (κ2) is 9.25. The van der Waals surface area contributed by atoms with Gasteiger partial charge in [0.1, 0.15) is 0 Å². The fraction of sp³-hybridized carbons (Fsp3) is 0.520. The van der Waals surface area contributed by atoms with Crippen LogP contribution in [0.1, 0.15) is 30.5 Å². The molecule has 0 bridgehead atoms. The average molecular weight is 551 g/mol. The second-order valence-electron chi connectivity index (χ2n) is 9.94. The Morgan fingerprint density at radius 1 is 0.892 bits per heavy atom. The maximum atomic E-state index is 13.2. The fourth-order valence-corrected chi connectivity index (χ4v) is 6.56. The van der Waals surface area contributed by atoms with Crippen LogP contribution in [0, 0.1) is 5.41 Å². The van der Waals surface area contributed by atoms with Crippen LogP contribution in [0.2, 0.25) is 0 Å². The Hall–Kier alpha value is -2.15. The van der Waals surface area contributed by atoms with E-state index in [2.05, 4.69) is 4.90 Å². The van der Waals surface area contributed by atoms with E-state index in [0.717, 1.165) is 36.3 Å². The van der Waals surface area contributed by atoms with Crippen molar-refractivity contribution >= 4 is 10.0 Å². The molecule has 2 aliphatic rings. The van der Waals surface area contributed by atoms with E-state index >= 15 is 0 Å². The number of sulfonamides is 1. The highest BCUT2D eigenvalue weighted by Crippen LogP contribution is 2.50. The molecule has 4 rings (SSSR count). The van der Waals surface area contributed by atoms with Gasteiger partial charge in [-0.15, -0.1) is 0 Å². The van der Waals surface area contributed by atoms with Crippen LogP contribution in [-0.2, 0) is 28.6 Å². The number of aliphatic hydroxyl groups is 1. The Morgan fingerprint density at radius 3 is 1.95 bits per heavy atom. The SMILES string of the molecule is CCc1cc(CN2CC3(C2)CN(S(=O)(=O)CC)C3)ccc1-c1ccc(C(O)(C(F)(F)F)C(F)(F)F)cc1. The summed E-state index contributed by atoms with van der Waals surface area (Å²) in [7, 11) is -3.16. The molecule has 0 saturated carbocycles. The van der Waals surface area contributed by atoms with Crippen LogP contribution < -0.4 is 0 Å². The van der Waals surface area contributed by atoms with E-state index in [4.69, 9.17) is 0 Å². The predicted octanol–water partition coefficient (Wildman–Crippen LogP) is 4.70. The van der Waals surface area contributed by atoms with Gasteiger partial charge in [0, 0.05) is 43.7 Å². The third-order valence-corrected chi connectivity index (χ3v) is 9.07. The lowest BCUT2D eigenvalue weighted by Gasteiger charge is -2.59. The Morgan fingerprint density at radius 2 is 1.46 bits per heavy atom. The van der Waals surface area contributed by atoms with E-state index in [9.17, 15) is 39.9 Å². The Kier molecular flexibility index (Phi) is 6.97. The summed E-state index contributed by atoms with van der Waals surface area (Å²) < 4.78 is 104. The summed E-state index contributed by atoms with van der Waals surface area (Å²) in [6.45, 7) is 6.82. The first-order valence-corrected chi connectivity index (χ1v) is 13.4. The molecule has 0 aliphatic carbocycles. The van der Waals surface area contributed by atoms with E-state index in [1.54, 1.807) is 13.0 Å². The van der Waals surface area contributed by atoms with Crippen LogP contribution in [0.4, 0.5) is 26.3 Å². The fourth-order valence-electron chi connectivity index (χ4n) is 5.25. The van der Waals surface area contributed by atoms with E-state index in [1.807, 2.05) is 19.1 Å². The normalized spacial score (nSPS) is 19.1. The average Bonchev–Trinajstić information content (AvgIpc) is 2.77. The van der Waals surface area contributed by atoms with Crippen molar-refractivity contribution in [2.75, 3.05) is 31.9 Å². The van der Waals surface area contributed by atoms with Crippen LogP contribution in [0.5, 0.6) is 0 Å². The minimum Gasteiger partial charge on any atom is -0.369 e. The number of rotatable bonds is 7. The number of aryl methyl sites for hydroxylation is 1. The standard InChI is InChI=1S/C25H28F6N2O3S/c1-3-18-11-17(12-32-13-22(14-32)15-33(16-22)37(35,36)4-2)5-10-21(18)19-6-8-20(9-7-19)23(34,24(26,27)28)25(29,30)31/h5-11,34H,3-4,12-16H2,1-2H3. The molecular formula is C25H28F6N2O3S. The van der Waals surface area contributed by atoms with Crippen molar-refractivity contribution in [3.05, 3.63) is 59.2 Å². The molecule has 2 aliphatic heterocycles. The van der Waals surface area contributed by atoms with Crippen LogP contribution in [0.3, 0.4) is 0 Å². The molecule has 204 valence electrons. The number of alkyl halides is 6. The van der Waals surface area contributed by atoms with E-state index < -0.39 is 33.5 Å². The van der Waals surface area contributed by atoms with Gasteiger partial charge in [0.05, 0.1) is 5.75 Å². The van der Waals surface area contributed by atoms with Crippen molar-refractivity contribution in [1.82, 2.24) is 9.21 Å². The first kappa shape index (κ1) is 27.9. The van der Waals surface area contributed by atoms with Crippen molar-refractivity contribution < 1.29 is 39.9 Å². The Labute approximate surface area is 211 Å². The van der Waals surface area contributed by atoms with Gasteiger partial charge in [-0.25, -0.2) is 12.7 Å². The van der Waals surface area contributed by atoms with Crippen molar-refractivity contribution in [3.8, 4) is 11.1 Å². The summed E-state index contributed by atoms with van der Waals surface area (Å²) in [6, 6.07) is 9.23. The number of likely N-dealkylation sites (tertiary alicyclic amines) is 1. The minimum atomic E-state index is -5.93. The lowest BCUT2D eigenvalue weighted by atomic mass is 9.74. The highest BCUT2D eigenvalue weighted by Gasteiger charge is 2.71. The Balaban J connectivity index is 1.46. The molecule has 0 atom stereocenters. The van der Waals surface area contributed by atoms with Gasteiger partial charge in [-0.2, -0.15) is 26.3 Å². The first-order valence-electron chi connectivity index (χ1n) is 11.8. The molecule has 0 radical (unpaired) electrons. The number of nitrogens with zero attached hydrogens (tertiary/aromatic N) is 2. The van der Waals surface area contributed by atoms with Gasteiger partial charge in [0.15, 0.2) is 0 Å². The summed E-state index contributed by atoms with van der Waals surface area (Å²) >= 11 is 0. The van der Waals surface area contributed by atoms with Gasteiger partial charge >= 0.3 is 12.4 Å². The van der Waals surface area contributed by atoms with E-state index in [-0.39, 0.29) is 11.2 Å². The van der Waals surface area contributed by atoms with Crippen molar-refractivity contribution in [3.63, 3.8) is 0 Å². The molecular weight excluding hydrogens is 522 g/mol. The number of benzene rings is 2. The molecule has 5 nitrogen and oxygen atoms in total. The largest absolute Gasteiger partial charge is 0.430 e. The van der Waals surface area contributed by atoms with Crippen LogP contribution in [-0.4, -0.2) is 67.0 Å². The topological polar surface area (TPSA) is 60.9 Å². The first-order chi connectivity index (χ1) is 17.0. The number of hydrogen-bond donors (Lipinski definition) is 1. The predicted molar refractivity (Wildman–Crippen MR) is 126 cm³/mol. The quantitative estimate of drug-likeness (QED) is 0.508. The molecule has 2 heterocycles. The molecule has 0 unspecified atom stereocenters. The second-order valence-corrected chi connectivity index (χ2v) is 12.2. The van der Waals surface area contributed by atoms with Crippen molar-refractivity contribution in [1.29, 1.82) is 0 Å². The third kappa shape index (κ3) is 4.88. The molecule has 2 fully saturated rings. The monoisotopic (exact) mass is 550 g/mol. The molecule has 2 aromatic carbocycles. The van der Waals surface area contributed by atoms with Gasteiger partial charge in [-0.05, 0) is 35.6 Å². The summed E-state index contributed by atoms with van der Waals surface area (Å²) in [6.07, 6.45) is -11.3. The molecule has 37 heavy (non-hydrogen) atoms. The summed E-state index contributed by atoms with van der Waals surface area (Å²) in [5.74, 6) is 0.0905. The molecule has 1 N–H and O–H groups in total. The van der Waals surface area contributed by atoms with Gasteiger partial charge < -0.3 is 5.11 Å². The van der Waals surface area contributed by atoms with E-state index in [0.29, 0.717) is 49.3 Å². The number of halogens is 6. The highest BCUT2D eigenvalue weighted by molar-refractivity contribution is 7.89. The zero-order chi connectivity index (χ0) is 27.4. The van der Waals surface area contributed by atoms with Crippen molar-refractivity contribution in [2.24, 2.45) is 5.41 Å². The maximum absolute atomic E-state index is 13.2. The minimum absolute atomic E-state index is 0.00622. The molecule has 2 aromatic rings. The maximum Gasteiger partial charge on any atom is 0.430 e. The Bertz CT molecular complexity index is 1230. The lowest BCUT2D eigenvalue weighted by Crippen LogP contribution is -2.72. The number of hydrogen-bond acceptors (Lipinski definition) is 4. The summed E-state index contributed by atoms with van der Waals surface area (Å²) in [5, 5.41) is 9.61. The van der Waals surface area contributed by atoms with Gasteiger partial charge in [-0.1, -0.05) is 49.4 Å². The van der Waals surface area contributed by atoms with Gasteiger partial charge in [0.25, 0.3) is 5.60 Å². The smallest absolute Gasteiger partial charge is 0.369 e. The summed E-state index contributed by atoms with van der Waals surface area (Å²) in [5.41, 5.74) is -3.24.